The van der Waals surface area contributed by atoms with Crippen LogP contribution in [0.1, 0.15) is 34.5 Å². The summed E-state index contributed by atoms with van der Waals surface area (Å²) in [5.41, 5.74) is 1.37. The van der Waals surface area contributed by atoms with Crippen LogP contribution in [0.5, 0.6) is 11.5 Å². The molecule has 0 aliphatic heterocycles. The van der Waals surface area contributed by atoms with Crippen molar-refractivity contribution in [1.82, 2.24) is 5.32 Å². The Kier molecular flexibility index (Phi) is 5.59. The molecular weight excluding hydrogens is 324 g/mol. The number of hydrogen-bond donors (Lipinski definition) is 1. The largest absolute Gasteiger partial charge is 0.493 e. The lowest BCUT2D eigenvalue weighted by atomic mass is 10.0. The molecule has 0 radical (unpaired) electrons. The molecule has 0 aliphatic rings. The first kappa shape index (κ1) is 18.3. The van der Waals surface area contributed by atoms with E-state index in [1.165, 1.54) is 19.2 Å². The summed E-state index contributed by atoms with van der Waals surface area (Å²) in [6.07, 6.45) is 0. The molecule has 0 saturated heterocycles. The van der Waals surface area contributed by atoms with Crippen LogP contribution in [0.4, 0.5) is 5.69 Å². The summed E-state index contributed by atoms with van der Waals surface area (Å²) >= 11 is 0. The third-order valence-electron chi connectivity index (χ3n) is 4.00. The van der Waals surface area contributed by atoms with Gasteiger partial charge in [-0.25, -0.2) is 0 Å². The predicted molar refractivity (Wildman–Crippen MR) is 93.3 cm³/mol. The fourth-order valence-corrected chi connectivity index (χ4v) is 2.55. The van der Waals surface area contributed by atoms with Crippen molar-refractivity contribution in [2.24, 2.45) is 0 Å². The van der Waals surface area contributed by atoms with Crippen molar-refractivity contribution in [2.45, 2.75) is 19.9 Å². The van der Waals surface area contributed by atoms with Gasteiger partial charge in [0.25, 0.3) is 11.6 Å². The molecule has 25 heavy (non-hydrogen) atoms. The first-order valence-corrected chi connectivity index (χ1v) is 7.65. The Hall–Kier alpha value is -3.09. The van der Waals surface area contributed by atoms with Crippen LogP contribution >= 0.6 is 0 Å². The second-order valence-corrected chi connectivity index (χ2v) is 5.52. The fraction of sp³-hybridized carbons (Fsp3) is 0.278. The second-order valence-electron chi connectivity index (χ2n) is 5.52. The Labute approximate surface area is 145 Å². The van der Waals surface area contributed by atoms with Crippen LogP contribution in [0.25, 0.3) is 0 Å². The first-order valence-electron chi connectivity index (χ1n) is 7.65. The number of methoxy groups -OCH3 is 2. The normalized spacial score (nSPS) is 11.5. The molecule has 1 amide bonds. The van der Waals surface area contributed by atoms with Gasteiger partial charge in [0.15, 0.2) is 11.5 Å². The summed E-state index contributed by atoms with van der Waals surface area (Å²) in [4.78, 5) is 23.0. The standard InChI is InChI=1S/C18H20N2O5/c1-11-14(6-5-7-15(11)20(22)23)18(21)19-12(2)13-8-9-16(24-3)17(10-13)25-4/h5-10,12H,1-4H3,(H,19,21)/t12-/m1/s1. The van der Waals surface area contributed by atoms with Crippen LogP contribution < -0.4 is 14.8 Å². The maximum absolute atomic E-state index is 12.5. The number of nitro benzene ring substituents is 1. The number of benzene rings is 2. The van der Waals surface area contributed by atoms with Crippen molar-refractivity contribution < 1.29 is 19.2 Å². The molecule has 7 nitrogen and oxygen atoms in total. The zero-order valence-corrected chi connectivity index (χ0v) is 14.5. The summed E-state index contributed by atoms with van der Waals surface area (Å²) in [6.45, 7) is 3.39. The Morgan fingerprint density at radius 1 is 1.16 bits per heavy atom. The minimum absolute atomic E-state index is 0.0774. The van der Waals surface area contributed by atoms with E-state index in [1.807, 2.05) is 13.0 Å². The lowest BCUT2D eigenvalue weighted by Gasteiger charge is -2.17. The molecule has 2 aromatic rings. The highest BCUT2D eigenvalue weighted by Crippen LogP contribution is 2.30. The average molecular weight is 344 g/mol. The summed E-state index contributed by atoms with van der Waals surface area (Å²) < 4.78 is 10.5. The molecule has 2 rings (SSSR count). The fourth-order valence-electron chi connectivity index (χ4n) is 2.55. The van der Waals surface area contributed by atoms with Gasteiger partial charge in [0, 0.05) is 17.2 Å². The number of amides is 1. The number of nitro groups is 1. The molecule has 0 saturated carbocycles. The Morgan fingerprint density at radius 2 is 1.84 bits per heavy atom. The van der Waals surface area contributed by atoms with Gasteiger partial charge in [-0.05, 0) is 37.6 Å². The number of nitrogens with one attached hydrogen (secondary N) is 1. The van der Waals surface area contributed by atoms with Gasteiger partial charge in [0.2, 0.25) is 0 Å². The smallest absolute Gasteiger partial charge is 0.273 e. The van der Waals surface area contributed by atoms with Crippen molar-refractivity contribution in [3.63, 3.8) is 0 Å². The number of rotatable bonds is 6. The minimum atomic E-state index is -0.496. The van der Waals surface area contributed by atoms with Gasteiger partial charge < -0.3 is 14.8 Å². The van der Waals surface area contributed by atoms with E-state index in [2.05, 4.69) is 5.32 Å². The molecule has 2 aromatic carbocycles. The van der Waals surface area contributed by atoms with Gasteiger partial charge in [0.1, 0.15) is 0 Å². The zero-order chi connectivity index (χ0) is 18.6. The zero-order valence-electron chi connectivity index (χ0n) is 14.5. The number of carbonyl (C=O) groups is 1. The van der Waals surface area contributed by atoms with Crippen molar-refractivity contribution in [3.8, 4) is 11.5 Å². The average Bonchev–Trinajstić information content (AvgIpc) is 2.60. The molecule has 0 aromatic heterocycles. The Morgan fingerprint density at radius 3 is 2.44 bits per heavy atom. The van der Waals surface area contributed by atoms with Gasteiger partial charge in [-0.15, -0.1) is 0 Å². The quantitative estimate of drug-likeness (QED) is 0.640. The molecule has 1 atom stereocenters. The lowest BCUT2D eigenvalue weighted by Crippen LogP contribution is -2.27. The van der Waals surface area contributed by atoms with E-state index < -0.39 is 4.92 Å². The summed E-state index contributed by atoms with van der Waals surface area (Å²) in [6, 6.07) is 9.50. The van der Waals surface area contributed by atoms with Gasteiger partial charge in [-0.3, -0.25) is 14.9 Å². The summed E-state index contributed by atoms with van der Waals surface area (Å²) in [5.74, 6) is 0.787. The molecule has 0 heterocycles. The molecule has 0 bridgehead atoms. The highest BCUT2D eigenvalue weighted by atomic mass is 16.6. The SMILES string of the molecule is COc1ccc([C@@H](C)NC(=O)c2cccc([N+](=O)[O-])c2C)cc1OC. The molecule has 7 heteroatoms. The van der Waals surface area contributed by atoms with Crippen molar-refractivity contribution in [2.75, 3.05) is 14.2 Å². The van der Waals surface area contributed by atoms with Gasteiger partial charge >= 0.3 is 0 Å². The monoisotopic (exact) mass is 344 g/mol. The van der Waals surface area contributed by atoms with E-state index in [1.54, 1.807) is 32.2 Å². The van der Waals surface area contributed by atoms with Crippen LogP contribution in [0.2, 0.25) is 0 Å². The number of ether oxygens (including phenoxy) is 2. The highest BCUT2D eigenvalue weighted by molar-refractivity contribution is 5.96. The molecule has 0 unspecified atom stereocenters. The van der Waals surface area contributed by atoms with E-state index in [4.69, 9.17) is 9.47 Å². The number of nitrogens with zero attached hydrogens (tertiary/aromatic N) is 1. The summed E-state index contributed by atoms with van der Waals surface area (Å²) in [7, 11) is 3.09. The topological polar surface area (TPSA) is 90.7 Å². The van der Waals surface area contributed by atoms with Crippen LogP contribution in [-0.2, 0) is 0 Å². The number of hydrogen-bond acceptors (Lipinski definition) is 5. The van der Waals surface area contributed by atoms with Gasteiger partial charge in [-0.2, -0.15) is 0 Å². The Bertz CT molecular complexity index is 804. The molecule has 0 fully saturated rings. The van der Waals surface area contributed by atoms with E-state index in [0.717, 1.165) is 5.56 Å². The van der Waals surface area contributed by atoms with Crippen LogP contribution in [0, 0.1) is 17.0 Å². The molecule has 0 aliphatic carbocycles. The van der Waals surface area contributed by atoms with Crippen LogP contribution in [-0.4, -0.2) is 25.1 Å². The van der Waals surface area contributed by atoms with Gasteiger partial charge in [-0.1, -0.05) is 12.1 Å². The first-order chi connectivity index (χ1) is 11.9. The maximum Gasteiger partial charge on any atom is 0.273 e. The van der Waals surface area contributed by atoms with E-state index in [0.29, 0.717) is 17.1 Å². The van der Waals surface area contributed by atoms with E-state index in [9.17, 15) is 14.9 Å². The molecule has 132 valence electrons. The second kappa shape index (κ2) is 7.65. The maximum atomic E-state index is 12.5. The lowest BCUT2D eigenvalue weighted by molar-refractivity contribution is -0.385. The van der Waals surface area contributed by atoms with Crippen molar-refractivity contribution in [3.05, 3.63) is 63.2 Å². The minimum Gasteiger partial charge on any atom is -0.493 e. The van der Waals surface area contributed by atoms with E-state index in [-0.39, 0.29) is 23.2 Å². The highest BCUT2D eigenvalue weighted by Gasteiger charge is 2.20. The third kappa shape index (κ3) is 3.88. The molecular formula is C18H20N2O5. The predicted octanol–water partition coefficient (Wildman–Crippen LogP) is 3.41. The van der Waals surface area contributed by atoms with Crippen molar-refractivity contribution >= 4 is 11.6 Å². The van der Waals surface area contributed by atoms with E-state index >= 15 is 0 Å². The number of carbonyl (C=O) groups excluding carboxylic acids is 1. The third-order valence-corrected chi connectivity index (χ3v) is 4.00. The molecule has 0 spiro atoms. The van der Waals surface area contributed by atoms with Crippen LogP contribution in [0.15, 0.2) is 36.4 Å². The van der Waals surface area contributed by atoms with Gasteiger partial charge in [0.05, 0.1) is 25.2 Å². The molecule has 1 N–H and O–H groups in total. The Balaban J connectivity index is 2.24. The summed E-state index contributed by atoms with van der Waals surface area (Å²) in [5, 5.41) is 13.9. The van der Waals surface area contributed by atoms with Crippen LogP contribution in [0.3, 0.4) is 0 Å². The van der Waals surface area contributed by atoms with Crippen molar-refractivity contribution in [1.29, 1.82) is 0 Å².